The lowest BCUT2D eigenvalue weighted by Crippen LogP contribution is -2.50. The van der Waals surface area contributed by atoms with Gasteiger partial charge in [0.25, 0.3) is 0 Å². The van der Waals surface area contributed by atoms with Crippen molar-refractivity contribution in [2.45, 2.75) is 12.8 Å². The molecule has 0 spiro atoms. The van der Waals surface area contributed by atoms with Crippen molar-refractivity contribution in [2.24, 2.45) is 0 Å². The van der Waals surface area contributed by atoms with Crippen molar-refractivity contribution >= 4 is 29.0 Å². The van der Waals surface area contributed by atoms with Gasteiger partial charge in [-0.15, -0.1) is 0 Å². The van der Waals surface area contributed by atoms with Crippen LogP contribution >= 0.6 is 11.6 Å². The fraction of sp³-hybridized carbons (Fsp3) is 0.240. The highest BCUT2D eigenvalue weighted by molar-refractivity contribution is 6.33. The summed E-state index contributed by atoms with van der Waals surface area (Å²) in [4.78, 5) is 16.3. The van der Waals surface area contributed by atoms with Crippen molar-refractivity contribution in [3.05, 3.63) is 88.9 Å². The Kier molecular flexibility index (Phi) is 7.17. The highest BCUT2D eigenvalue weighted by Gasteiger charge is 2.31. The molecule has 0 aliphatic carbocycles. The van der Waals surface area contributed by atoms with Crippen molar-refractivity contribution in [1.29, 1.82) is 0 Å². The van der Waals surface area contributed by atoms with Crippen LogP contribution in [0.1, 0.15) is 11.1 Å². The monoisotopic (exact) mass is 489 g/mol. The van der Waals surface area contributed by atoms with Gasteiger partial charge < -0.3 is 19.9 Å². The van der Waals surface area contributed by atoms with E-state index in [4.69, 9.17) is 16.3 Å². The Balaban J connectivity index is 1.29. The van der Waals surface area contributed by atoms with Gasteiger partial charge in [0.15, 0.2) is 0 Å². The third-order valence-corrected chi connectivity index (χ3v) is 5.88. The summed E-state index contributed by atoms with van der Waals surface area (Å²) in [5.41, 5.74) is 1.17. The topological polar surface area (TPSA) is 44.8 Å². The molecule has 0 saturated carbocycles. The number of hydrogen-bond acceptors (Lipinski definition) is 3. The van der Waals surface area contributed by atoms with Crippen LogP contribution in [0.3, 0.4) is 0 Å². The molecule has 0 bridgehead atoms. The van der Waals surface area contributed by atoms with Gasteiger partial charge in [0, 0.05) is 31.9 Å². The van der Waals surface area contributed by atoms with Gasteiger partial charge in [-0.3, -0.25) is 0 Å². The molecule has 5 nitrogen and oxygen atoms in total. The van der Waals surface area contributed by atoms with E-state index < -0.39 is 17.8 Å². The highest BCUT2D eigenvalue weighted by atomic mass is 35.5. The zero-order chi connectivity index (χ0) is 24.1. The van der Waals surface area contributed by atoms with Crippen molar-refractivity contribution in [3.8, 4) is 5.75 Å². The van der Waals surface area contributed by atoms with Crippen molar-refractivity contribution in [3.63, 3.8) is 0 Å². The second-order valence-corrected chi connectivity index (χ2v) is 8.27. The first-order chi connectivity index (χ1) is 16.3. The first-order valence-electron chi connectivity index (χ1n) is 10.7. The Morgan fingerprint density at radius 1 is 0.941 bits per heavy atom. The van der Waals surface area contributed by atoms with Gasteiger partial charge >= 0.3 is 12.2 Å². The maximum absolute atomic E-state index is 13.0. The van der Waals surface area contributed by atoms with Crippen LogP contribution in [0, 0.1) is 0 Å². The van der Waals surface area contributed by atoms with Crippen LogP contribution in [0.4, 0.5) is 29.3 Å². The number of piperazine rings is 1. The molecule has 1 aliphatic heterocycles. The Morgan fingerprint density at radius 2 is 1.62 bits per heavy atom. The van der Waals surface area contributed by atoms with Gasteiger partial charge in [0.1, 0.15) is 12.4 Å². The second kappa shape index (κ2) is 10.3. The standard InChI is InChI=1S/C25H23ClF3N3O2/c26-22-11-6-19(25(27,28)29)16-23(22)30-24(33)32-14-12-31(13-15-32)20-7-9-21(10-8-20)34-17-18-4-2-1-3-5-18/h1-11,16H,12-15,17H2,(H,30,33). The van der Waals surface area contributed by atoms with Gasteiger partial charge in [-0.25, -0.2) is 4.79 Å². The van der Waals surface area contributed by atoms with E-state index in [1.807, 2.05) is 54.6 Å². The summed E-state index contributed by atoms with van der Waals surface area (Å²) in [5.74, 6) is 0.767. The Bertz CT molecular complexity index is 1120. The maximum atomic E-state index is 13.0. The predicted octanol–water partition coefficient (Wildman–Crippen LogP) is 6.29. The summed E-state index contributed by atoms with van der Waals surface area (Å²) >= 11 is 5.98. The smallest absolute Gasteiger partial charge is 0.416 e. The summed E-state index contributed by atoms with van der Waals surface area (Å²) in [6.07, 6.45) is -4.52. The first-order valence-corrected chi connectivity index (χ1v) is 11.1. The number of carbonyl (C=O) groups is 1. The van der Waals surface area contributed by atoms with E-state index in [9.17, 15) is 18.0 Å². The van der Waals surface area contributed by atoms with Crippen LogP contribution in [0.5, 0.6) is 5.75 Å². The van der Waals surface area contributed by atoms with Gasteiger partial charge in [-0.05, 0) is 48.0 Å². The first kappa shape index (κ1) is 23.8. The molecule has 0 atom stereocenters. The van der Waals surface area contributed by atoms with Crippen LogP contribution in [-0.2, 0) is 12.8 Å². The summed E-state index contributed by atoms with van der Waals surface area (Å²) < 4.78 is 44.7. The minimum atomic E-state index is -4.52. The molecular formula is C25H23ClF3N3O2. The van der Waals surface area contributed by atoms with Gasteiger partial charge in [-0.2, -0.15) is 13.2 Å². The number of benzene rings is 3. The number of halogens is 4. The Hall–Kier alpha value is -3.39. The van der Waals surface area contributed by atoms with Gasteiger partial charge in [0.2, 0.25) is 0 Å². The molecular weight excluding hydrogens is 467 g/mol. The zero-order valence-electron chi connectivity index (χ0n) is 18.2. The molecule has 3 aromatic carbocycles. The van der Waals surface area contributed by atoms with E-state index in [2.05, 4.69) is 10.2 Å². The number of amides is 2. The SMILES string of the molecule is O=C(Nc1cc(C(F)(F)F)ccc1Cl)N1CCN(c2ccc(OCc3ccccc3)cc2)CC1. The molecule has 1 aliphatic rings. The van der Waals surface area contributed by atoms with Crippen LogP contribution < -0.4 is 15.0 Å². The highest BCUT2D eigenvalue weighted by Crippen LogP contribution is 2.34. The molecule has 1 N–H and O–H groups in total. The molecule has 3 aromatic rings. The van der Waals surface area contributed by atoms with Gasteiger partial charge in [0.05, 0.1) is 16.3 Å². The van der Waals surface area contributed by atoms with Crippen LogP contribution in [0.25, 0.3) is 0 Å². The summed E-state index contributed by atoms with van der Waals surface area (Å²) in [6, 6.07) is 20.0. The average Bonchev–Trinajstić information content (AvgIpc) is 2.84. The quantitative estimate of drug-likeness (QED) is 0.458. The normalized spacial score (nSPS) is 14.1. The number of rotatable bonds is 5. The number of carbonyl (C=O) groups excluding carboxylic acids is 1. The van der Waals surface area contributed by atoms with Crippen LogP contribution in [0.2, 0.25) is 5.02 Å². The summed E-state index contributed by atoms with van der Waals surface area (Å²) in [7, 11) is 0. The van der Waals surface area contributed by atoms with Crippen molar-refractivity contribution in [1.82, 2.24) is 4.90 Å². The molecule has 4 rings (SSSR count). The van der Waals surface area contributed by atoms with Crippen molar-refractivity contribution in [2.75, 3.05) is 36.4 Å². The van der Waals surface area contributed by atoms with Crippen LogP contribution in [-0.4, -0.2) is 37.1 Å². The average molecular weight is 490 g/mol. The van der Waals surface area contributed by atoms with E-state index in [0.717, 1.165) is 35.2 Å². The summed E-state index contributed by atoms with van der Waals surface area (Å²) in [6.45, 7) is 2.52. The minimum absolute atomic E-state index is 0.0505. The van der Waals surface area contributed by atoms with Crippen LogP contribution in [0.15, 0.2) is 72.8 Å². The molecule has 9 heteroatoms. The number of alkyl halides is 3. The number of nitrogens with one attached hydrogen (secondary N) is 1. The molecule has 1 saturated heterocycles. The summed E-state index contributed by atoms with van der Waals surface area (Å²) in [5, 5.41) is 2.55. The number of ether oxygens (including phenoxy) is 1. The minimum Gasteiger partial charge on any atom is -0.489 e. The van der Waals surface area contributed by atoms with E-state index in [-0.39, 0.29) is 10.7 Å². The zero-order valence-corrected chi connectivity index (χ0v) is 18.9. The maximum Gasteiger partial charge on any atom is 0.416 e. The second-order valence-electron chi connectivity index (χ2n) is 7.86. The predicted molar refractivity (Wildman–Crippen MR) is 126 cm³/mol. The molecule has 0 unspecified atom stereocenters. The number of hydrogen-bond donors (Lipinski definition) is 1. The third kappa shape index (κ3) is 5.94. The van der Waals surface area contributed by atoms with E-state index >= 15 is 0 Å². The molecule has 178 valence electrons. The molecule has 2 amide bonds. The molecule has 0 aromatic heterocycles. The number of anilines is 2. The van der Waals surface area contributed by atoms with Gasteiger partial charge in [-0.1, -0.05) is 41.9 Å². The lowest BCUT2D eigenvalue weighted by molar-refractivity contribution is -0.137. The number of urea groups is 1. The van der Waals surface area contributed by atoms with E-state index in [1.165, 1.54) is 0 Å². The lowest BCUT2D eigenvalue weighted by Gasteiger charge is -2.36. The molecule has 1 heterocycles. The van der Waals surface area contributed by atoms with E-state index in [1.54, 1.807) is 4.90 Å². The fourth-order valence-corrected chi connectivity index (χ4v) is 3.82. The molecule has 34 heavy (non-hydrogen) atoms. The number of nitrogens with zero attached hydrogens (tertiary/aromatic N) is 2. The van der Waals surface area contributed by atoms with Crippen molar-refractivity contribution < 1.29 is 22.7 Å². The van der Waals surface area contributed by atoms with E-state index in [0.29, 0.717) is 32.8 Å². The Morgan fingerprint density at radius 3 is 2.26 bits per heavy atom. The third-order valence-electron chi connectivity index (χ3n) is 5.55. The lowest BCUT2D eigenvalue weighted by atomic mass is 10.2. The molecule has 1 fully saturated rings. The fourth-order valence-electron chi connectivity index (χ4n) is 3.65. The molecule has 0 radical (unpaired) electrons. The largest absolute Gasteiger partial charge is 0.489 e. The Labute approximate surface area is 200 Å².